The Morgan fingerprint density at radius 3 is 2.32 bits per heavy atom. The lowest BCUT2D eigenvalue weighted by Crippen LogP contribution is -2.60. The highest BCUT2D eigenvalue weighted by Crippen LogP contribution is 2.68. The summed E-state index contributed by atoms with van der Waals surface area (Å²) in [5.74, 6) is 3.82. The molecule has 0 saturated heterocycles. The molecule has 0 aliphatic heterocycles. The lowest BCUT2D eigenvalue weighted by Gasteiger charge is -2.62. The molecule has 4 aliphatic rings. The van der Waals surface area contributed by atoms with Crippen molar-refractivity contribution in [1.29, 1.82) is 0 Å². The third kappa shape index (κ3) is 2.04. The summed E-state index contributed by atoms with van der Waals surface area (Å²) in [4.78, 5) is 0. The quantitative estimate of drug-likeness (QED) is 0.502. The maximum Gasteiger partial charge on any atom is 0.156 e. The summed E-state index contributed by atoms with van der Waals surface area (Å²) in [7, 11) is 0. The number of aliphatic hydroxyl groups is 4. The first kappa shape index (κ1) is 17.8. The Labute approximate surface area is 150 Å². The molecule has 4 aliphatic carbocycles. The molecule has 4 fully saturated rings. The number of hydrogen-bond acceptors (Lipinski definition) is 4. The maximum absolute atomic E-state index is 11.0. The minimum absolute atomic E-state index is 0.0324. The van der Waals surface area contributed by atoms with E-state index in [1.807, 2.05) is 0 Å². The Balaban J connectivity index is 1.68. The van der Waals surface area contributed by atoms with Crippen LogP contribution in [0.4, 0.5) is 0 Å². The first-order chi connectivity index (χ1) is 11.7. The Bertz CT molecular complexity index is 599. The van der Waals surface area contributed by atoms with Crippen LogP contribution in [-0.2, 0) is 0 Å². The average molecular weight is 348 g/mol. The van der Waals surface area contributed by atoms with E-state index in [1.165, 1.54) is 0 Å². The van der Waals surface area contributed by atoms with Crippen molar-refractivity contribution in [1.82, 2.24) is 0 Å². The Morgan fingerprint density at radius 2 is 1.64 bits per heavy atom. The van der Waals surface area contributed by atoms with Crippen LogP contribution in [0.15, 0.2) is 0 Å². The second-order valence-electron chi connectivity index (χ2n) is 9.78. The predicted octanol–water partition coefficient (Wildman–Crippen LogP) is 1.70. The van der Waals surface area contributed by atoms with Gasteiger partial charge in [-0.2, -0.15) is 0 Å². The van der Waals surface area contributed by atoms with Gasteiger partial charge in [-0.05, 0) is 74.0 Å². The highest BCUT2D eigenvalue weighted by Gasteiger charge is 2.68. The SMILES string of the molecule is C#C[C@]1(O)[C@H](O)C[C@H]2[C@@H]3CCC4[C@@H](O)[C@H](O)CC[C@]4(C)[C@H]3CC[C@@]21C. The molecule has 0 aromatic heterocycles. The fourth-order valence-electron chi connectivity index (χ4n) is 7.60. The smallest absolute Gasteiger partial charge is 0.156 e. The van der Waals surface area contributed by atoms with Gasteiger partial charge in [-0.1, -0.05) is 19.8 Å². The highest BCUT2D eigenvalue weighted by molar-refractivity contribution is 5.27. The molecule has 4 heteroatoms. The van der Waals surface area contributed by atoms with E-state index in [0.717, 1.165) is 32.1 Å². The molecular weight excluding hydrogens is 316 g/mol. The van der Waals surface area contributed by atoms with Gasteiger partial charge in [0.05, 0.1) is 18.3 Å². The molecule has 0 aromatic carbocycles. The van der Waals surface area contributed by atoms with Gasteiger partial charge in [0, 0.05) is 5.41 Å². The van der Waals surface area contributed by atoms with Gasteiger partial charge >= 0.3 is 0 Å². The van der Waals surface area contributed by atoms with Gasteiger partial charge < -0.3 is 20.4 Å². The summed E-state index contributed by atoms with van der Waals surface area (Å²) in [5.41, 5.74) is -1.83. The Hall–Kier alpha value is -0.600. The van der Waals surface area contributed by atoms with Crippen LogP contribution in [0.2, 0.25) is 0 Å². The minimum Gasteiger partial charge on any atom is -0.390 e. The van der Waals surface area contributed by atoms with Crippen LogP contribution in [0.3, 0.4) is 0 Å². The first-order valence-corrected chi connectivity index (χ1v) is 9.93. The number of terminal acetylenes is 1. The van der Waals surface area contributed by atoms with E-state index >= 15 is 0 Å². The van der Waals surface area contributed by atoms with Gasteiger partial charge in [0.2, 0.25) is 0 Å². The largest absolute Gasteiger partial charge is 0.390 e. The molecule has 0 bridgehead atoms. The Morgan fingerprint density at radius 1 is 0.920 bits per heavy atom. The molecule has 0 aromatic rings. The van der Waals surface area contributed by atoms with E-state index in [1.54, 1.807) is 0 Å². The summed E-state index contributed by atoms with van der Waals surface area (Å²) < 4.78 is 0. The molecule has 4 N–H and O–H groups in total. The molecule has 4 rings (SSSR count). The third-order valence-electron chi connectivity index (χ3n) is 9.17. The van der Waals surface area contributed by atoms with Crippen LogP contribution in [0.1, 0.15) is 58.8 Å². The summed E-state index contributed by atoms with van der Waals surface area (Å²) >= 11 is 0. The molecule has 4 saturated carbocycles. The molecule has 1 unspecified atom stereocenters. The Kier molecular flexibility index (Phi) is 3.88. The van der Waals surface area contributed by atoms with Crippen molar-refractivity contribution in [2.45, 2.75) is 82.7 Å². The van der Waals surface area contributed by atoms with Crippen molar-refractivity contribution in [3.05, 3.63) is 0 Å². The van der Waals surface area contributed by atoms with Crippen LogP contribution in [0, 0.1) is 46.8 Å². The van der Waals surface area contributed by atoms with Gasteiger partial charge in [0.25, 0.3) is 0 Å². The number of aliphatic hydroxyl groups excluding tert-OH is 3. The number of hydrogen-bond donors (Lipinski definition) is 4. The van der Waals surface area contributed by atoms with Crippen LogP contribution in [-0.4, -0.2) is 44.3 Å². The van der Waals surface area contributed by atoms with E-state index in [9.17, 15) is 20.4 Å². The lowest BCUT2D eigenvalue weighted by molar-refractivity contribution is -0.183. The van der Waals surface area contributed by atoms with Crippen molar-refractivity contribution in [2.24, 2.45) is 34.5 Å². The monoisotopic (exact) mass is 348 g/mol. The molecular formula is C21H32O4. The van der Waals surface area contributed by atoms with Crippen LogP contribution >= 0.6 is 0 Å². The summed E-state index contributed by atoms with van der Waals surface area (Å²) in [6.45, 7) is 4.36. The normalized spacial score (nSPS) is 60.9. The van der Waals surface area contributed by atoms with Crippen LogP contribution in [0.25, 0.3) is 0 Å². The fourth-order valence-corrected chi connectivity index (χ4v) is 7.60. The molecule has 140 valence electrons. The van der Waals surface area contributed by atoms with Crippen molar-refractivity contribution >= 4 is 0 Å². The minimum atomic E-state index is -1.43. The van der Waals surface area contributed by atoms with Crippen molar-refractivity contribution < 1.29 is 20.4 Å². The van der Waals surface area contributed by atoms with Gasteiger partial charge in [0.1, 0.15) is 0 Å². The van der Waals surface area contributed by atoms with E-state index in [2.05, 4.69) is 19.8 Å². The maximum atomic E-state index is 11.0. The molecule has 4 nitrogen and oxygen atoms in total. The zero-order valence-electron chi connectivity index (χ0n) is 15.4. The van der Waals surface area contributed by atoms with Crippen molar-refractivity contribution in [3.8, 4) is 12.3 Å². The topological polar surface area (TPSA) is 80.9 Å². The number of rotatable bonds is 0. The predicted molar refractivity (Wildman–Crippen MR) is 94.3 cm³/mol. The molecule has 10 atom stereocenters. The second kappa shape index (κ2) is 5.45. The van der Waals surface area contributed by atoms with Crippen LogP contribution in [0.5, 0.6) is 0 Å². The zero-order valence-corrected chi connectivity index (χ0v) is 15.4. The van der Waals surface area contributed by atoms with Gasteiger partial charge in [-0.25, -0.2) is 0 Å². The second-order valence-corrected chi connectivity index (χ2v) is 9.78. The van der Waals surface area contributed by atoms with E-state index in [-0.39, 0.29) is 17.3 Å². The fraction of sp³-hybridized carbons (Fsp3) is 0.905. The van der Waals surface area contributed by atoms with Crippen LogP contribution < -0.4 is 0 Å². The highest BCUT2D eigenvalue weighted by atomic mass is 16.3. The van der Waals surface area contributed by atoms with E-state index in [0.29, 0.717) is 24.7 Å². The van der Waals surface area contributed by atoms with Crippen molar-refractivity contribution in [3.63, 3.8) is 0 Å². The standard InChI is InChI=1S/C21H32O4/c1-4-21(25)17(23)11-15-12-5-6-14-18(24)16(22)8-9-19(14,2)13(12)7-10-20(15,21)3/h1,12-18,22-25H,5-11H2,2-3H3/t12-,13+,14?,15+,16-,17-,18-,19-,20+,21+/m1/s1. The van der Waals surface area contributed by atoms with Gasteiger partial charge in [0.15, 0.2) is 5.60 Å². The molecule has 0 spiro atoms. The first-order valence-electron chi connectivity index (χ1n) is 9.93. The van der Waals surface area contributed by atoms with E-state index in [4.69, 9.17) is 6.42 Å². The lowest BCUT2D eigenvalue weighted by atomic mass is 9.44. The third-order valence-corrected chi connectivity index (χ3v) is 9.17. The van der Waals surface area contributed by atoms with Gasteiger partial charge in [-0.15, -0.1) is 6.42 Å². The van der Waals surface area contributed by atoms with Gasteiger partial charge in [-0.3, -0.25) is 0 Å². The zero-order chi connectivity index (χ0) is 18.2. The molecule has 25 heavy (non-hydrogen) atoms. The summed E-state index contributed by atoms with van der Waals surface area (Å²) in [6.07, 6.45) is 9.47. The number of fused-ring (bicyclic) bond motifs is 5. The summed E-state index contributed by atoms with van der Waals surface area (Å²) in [6, 6.07) is 0. The summed E-state index contributed by atoms with van der Waals surface area (Å²) in [5, 5.41) is 42.3. The van der Waals surface area contributed by atoms with E-state index < -0.39 is 29.3 Å². The molecule has 0 radical (unpaired) electrons. The van der Waals surface area contributed by atoms with Crippen molar-refractivity contribution in [2.75, 3.05) is 0 Å². The average Bonchev–Trinajstić information content (AvgIpc) is 2.79. The molecule has 0 heterocycles. The molecule has 0 amide bonds.